The second-order valence-electron chi connectivity index (χ2n) is 12.3. The minimum absolute atomic E-state index is 0.00234. The van der Waals surface area contributed by atoms with Gasteiger partial charge in [-0.05, 0) is 92.4 Å². The number of rotatable bonds is 4. The number of fused-ring (bicyclic) bond motifs is 5. The van der Waals surface area contributed by atoms with E-state index in [1.54, 1.807) is 0 Å². The number of benzene rings is 2. The summed E-state index contributed by atoms with van der Waals surface area (Å²) in [7, 11) is 0. The monoisotopic (exact) mass is 498 g/mol. The van der Waals surface area contributed by atoms with Gasteiger partial charge in [-0.2, -0.15) is 0 Å². The normalized spacial score (nSPS) is 36.4. The van der Waals surface area contributed by atoms with Gasteiger partial charge in [-0.25, -0.2) is 9.59 Å². The average Bonchev–Trinajstić information content (AvgIpc) is 3.25. The summed E-state index contributed by atoms with van der Waals surface area (Å²) in [6, 6.07) is 18.7. The lowest BCUT2D eigenvalue weighted by molar-refractivity contribution is -0.0787. The maximum Gasteiger partial charge on any atom is 0.338 e. The lowest BCUT2D eigenvalue weighted by Crippen LogP contribution is -2.51. The summed E-state index contributed by atoms with van der Waals surface area (Å²) in [6.45, 7) is 4.85. The molecular formula is C33H38O4. The zero-order chi connectivity index (χ0) is 25.6. The Morgan fingerprint density at radius 1 is 0.757 bits per heavy atom. The Hall–Kier alpha value is -2.88. The van der Waals surface area contributed by atoms with Gasteiger partial charge in [-0.15, -0.1) is 0 Å². The van der Waals surface area contributed by atoms with Crippen LogP contribution in [0.25, 0.3) is 0 Å². The summed E-state index contributed by atoms with van der Waals surface area (Å²) in [6.07, 6.45) is 10.8. The number of carbonyl (C=O) groups is 2. The van der Waals surface area contributed by atoms with Crippen molar-refractivity contribution in [2.45, 2.75) is 77.4 Å². The van der Waals surface area contributed by atoms with Crippen LogP contribution < -0.4 is 0 Å². The molecule has 3 fully saturated rings. The molecule has 4 aliphatic carbocycles. The smallest absolute Gasteiger partial charge is 0.338 e. The molecular weight excluding hydrogens is 460 g/mol. The fraction of sp³-hybridized carbons (Fsp3) is 0.515. The van der Waals surface area contributed by atoms with E-state index >= 15 is 0 Å². The molecule has 4 nitrogen and oxygen atoms in total. The van der Waals surface area contributed by atoms with Crippen LogP contribution in [-0.4, -0.2) is 24.1 Å². The molecule has 0 aliphatic heterocycles. The van der Waals surface area contributed by atoms with E-state index in [9.17, 15) is 9.59 Å². The highest BCUT2D eigenvalue weighted by atomic mass is 16.5. The molecule has 194 valence electrons. The maximum absolute atomic E-state index is 12.9. The predicted octanol–water partition coefficient (Wildman–Crippen LogP) is 7.40. The third-order valence-electron chi connectivity index (χ3n) is 10.5. The largest absolute Gasteiger partial charge is 0.458 e. The molecule has 0 heterocycles. The summed E-state index contributed by atoms with van der Waals surface area (Å²) in [5.74, 6) is 1.48. The molecule has 0 saturated heterocycles. The second-order valence-corrected chi connectivity index (χ2v) is 12.3. The highest BCUT2D eigenvalue weighted by molar-refractivity contribution is 5.90. The van der Waals surface area contributed by atoms with Gasteiger partial charge in [-0.3, -0.25) is 0 Å². The van der Waals surface area contributed by atoms with Crippen molar-refractivity contribution in [1.82, 2.24) is 0 Å². The van der Waals surface area contributed by atoms with Crippen LogP contribution in [0.4, 0.5) is 0 Å². The van der Waals surface area contributed by atoms with Crippen molar-refractivity contribution in [2.75, 3.05) is 0 Å². The topological polar surface area (TPSA) is 52.6 Å². The minimum atomic E-state index is -0.209. The van der Waals surface area contributed by atoms with Gasteiger partial charge in [-0.1, -0.05) is 61.9 Å². The second kappa shape index (κ2) is 9.45. The maximum atomic E-state index is 12.9. The first-order chi connectivity index (χ1) is 17.9. The van der Waals surface area contributed by atoms with E-state index in [4.69, 9.17) is 9.47 Å². The minimum Gasteiger partial charge on any atom is -0.458 e. The molecule has 0 aromatic heterocycles. The summed E-state index contributed by atoms with van der Waals surface area (Å²) in [4.78, 5) is 25.5. The Bertz CT molecular complexity index is 1190. The zero-order valence-corrected chi connectivity index (χ0v) is 22.0. The first-order valence-electron chi connectivity index (χ1n) is 14.1. The molecule has 6 rings (SSSR count). The fourth-order valence-corrected chi connectivity index (χ4v) is 8.44. The molecule has 0 amide bonds. The highest BCUT2D eigenvalue weighted by Gasteiger charge is 2.59. The van der Waals surface area contributed by atoms with Gasteiger partial charge in [0.25, 0.3) is 0 Å². The molecule has 0 N–H and O–H groups in total. The summed E-state index contributed by atoms with van der Waals surface area (Å²) < 4.78 is 12.1. The Kier molecular flexibility index (Phi) is 6.25. The van der Waals surface area contributed by atoms with Crippen molar-refractivity contribution in [3.05, 3.63) is 83.4 Å². The zero-order valence-electron chi connectivity index (χ0n) is 22.0. The van der Waals surface area contributed by atoms with Crippen LogP contribution in [0.3, 0.4) is 0 Å². The number of hydrogen-bond acceptors (Lipinski definition) is 4. The van der Waals surface area contributed by atoms with Crippen LogP contribution >= 0.6 is 0 Å². The van der Waals surface area contributed by atoms with Crippen LogP contribution in [-0.2, 0) is 9.47 Å². The quantitative estimate of drug-likeness (QED) is 0.325. The highest BCUT2D eigenvalue weighted by Crippen LogP contribution is 2.65. The Morgan fingerprint density at radius 3 is 2.08 bits per heavy atom. The van der Waals surface area contributed by atoms with E-state index in [1.807, 2.05) is 60.7 Å². The van der Waals surface area contributed by atoms with E-state index in [1.165, 1.54) is 12.0 Å². The van der Waals surface area contributed by atoms with E-state index in [-0.39, 0.29) is 35.0 Å². The Balaban J connectivity index is 1.15. The van der Waals surface area contributed by atoms with E-state index in [2.05, 4.69) is 19.9 Å². The Labute approximate surface area is 220 Å². The van der Waals surface area contributed by atoms with E-state index < -0.39 is 0 Å². The van der Waals surface area contributed by atoms with Crippen LogP contribution in [0.15, 0.2) is 72.3 Å². The summed E-state index contributed by atoms with van der Waals surface area (Å²) in [5.41, 5.74) is 3.00. The average molecular weight is 499 g/mol. The standard InChI is InChI=1S/C33H38O4/c1-32-19-17-25(36-30(34)22-9-5-3-6-10-22)21-24(32)13-14-26-27-15-16-29(33(27,2)20-18-28(26)32)37-31(35)23-11-7-4-8-12-23/h3-13,25-29H,14-21H2,1-2H3/t25-,26+,27+,28+,29-,32+,33+/m1/s1. The molecule has 7 atom stereocenters. The van der Waals surface area contributed by atoms with Crippen LogP contribution in [0.2, 0.25) is 0 Å². The number of carbonyl (C=O) groups excluding carboxylic acids is 2. The van der Waals surface area contributed by atoms with Crippen LogP contribution in [0.5, 0.6) is 0 Å². The van der Waals surface area contributed by atoms with Crippen LogP contribution in [0, 0.1) is 28.6 Å². The van der Waals surface area contributed by atoms with Crippen molar-refractivity contribution in [2.24, 2.45) is 28.6 Å². The number of hydrogen-bond donors (Lipinski definition) is 0. The van der Waals surface area contributed by atoms with Crippen molar-refractivity contribution in [3.63, 3.8) is 0 Å². The van der Waals surface area contributed by atoms with Gasteiger partial charge in [0, 0.05) is 11.8 Å². The van der Waals surface area contributed by atoms with Gasteiger partial charge in [0.05, 0.1) is 11.1 Å². The van der Waals surface area contributed by atoms with E-state index in [0.29, 0.717) is 28.9 Å². The summed E-state index contributed by atoms with van der Waals surface area (Å²) >= 11 is 0. The molecule has 0 bridgehead atoms. The summed E-state index contributed by atoms with van der Waals surface area (Å²) in [5, 5.41) is 0. The first-order valence-corrected chi connectivity index (χ1v) is 14.1. The third-order valence-corrected chi connectivity index (χ3v) is 10.5. The lowest BCUT2D eigenvalue weighted by Gasteiger charge is -2.57. The molecule has 2 aromatic rings. The molecule has 3 saturated carbocycles. The molecule has 0 unspecified atom stereocenters. The fourth-order valence-electron chi connectivity index (χ4n) is 8.44. The first kappa shape index (κ1) is 24.5. The molecule has 0 spiro atoms. The van der Waals surface area contributed by atoms with Gasteiger partial charge in [0.2, 0.25) is 0 Å². The number of esters is 2. The van der Waals surface area contributed by atoms with Crippen molar-refractivity contribution in [1.29, 1.82) is 0 Å². The van der Waals surface area contributed by atoms with Crippen molar-refractivity contribution in [3.8, 4) is 0 Å². The SMILES string of the molecule is C[C@]12CC[C@H]3[C@@H](CC=C4C[C@H](OC(=O)c5ccccc5)CC[C@@]43C)[C@@H]1CC[C@H]2OC(=O)c1ccccc1. The molecule has 4 heteroatoms. The van der Waals surface area contributed by atoms with Gasteiger partial charge in [0.1, 0.15) is 12.2 Å². The van der Waals surface area contributed by atoms with Crippen molar-refractivity contribution >= 4 is 11.9 Å². The lowest BCUT2D eigenvalue weighted by atomic mass is 9.48. The van der Waals surface area contributed by atoms with Gasteiger partial charge < -0.3 is 9.47 Å². The van der Waals surface area contributed by atoms with Gasteiger partial charge in [0.15, 0.2) is 0 Å². The van der Waals surface area contributed by atoms with Gasteiger partial charge >= 0.3 is 11.9 Å². The molecule has 4 aliphatic rings. The molecule has 37 heavy (non-hydrogen) atoms. The van der Waals surface area contributed by atoms with Crippen molar-refractivity contribution < 1.29 is 19.1 Å². The molecule has 2 aromatic carbocycles. The van der Waals surface area contributed by atoms with E-state index in [0.717, 1.165) is 44.9 Å². The van der Waals surface area contributed by atoms with Crippen LogP contribution in [0.1, 0.15) is 85.9 Å². The predicted molar refractivity (Wildman–Crippen MR) is 143 cm³/mol. The number of ether oxygens (including phenoxy) is 2. The third kappa shape index (κ3) is 4.23. The molecule has 0 radical (unpaired) electrons. The number of allylic oxidation sites excluding steroid dienone is 1. The Morgan fingerprint density at radius 2 is 1.41 bits per heavy atom.